The van der Waals surface area contributed by atoms with Crippen molar-refractivity contribution < 1.29 is 9.18 Å². The predicted octanol–water partition coefficient (Wildman–Crippen LogP) is 1.93. The van der Waals surface area contributed by atoms with Crippen LogP contribution in [0, 0.1) is 5.95 Å². The number of H-pyrrole nitrogens is 1. The van der Waals surface area contributed by atoms with Crippen LogP contribution in [0.2, 0.25) is 0 Å². The van der Waals surface area contributed by atoms with Crippen LogP contribution in [0.25, 0.3) is 10.9 Å². The molecule has 2 aromatic heterocycles. The van der Waals surface area contributed by atoms with E-state index in [1.54, 1.807) is 18.2 Å². The number of carbonyl (C=O) groups excluding carboxylic acids is 1. The molecular formula is C13H10FN5O. The standard InChI is InChI=1S/C13H10FN5O/c14-10-2-1-3-11(16-10)17-13(20)12-8-6-7(15)4-5-9(8)18-19-12/h1-6H,15H2,(H,18,19)(H,16,17,20). The molecule has 100 valence electrons. The second-order valence-electron chi connectivity index (χ2n) is 4.18. The van der Waals surface area contributed by atoms with Crippen molar-refractivity contribution in [2.75, 3.05) is 11.1 Å². The fourth-order valence-electron chi connectivity index (χ4n) is 1.86. The number of aromatic amines is 1. The number of nitrogen functional groups attached to an aromatic ring is 1. The van der Waals surface area contributed by atoms with Crippen molar-refractivity contribution >= 4 is 28.3 Å². The van der Waals surface area contributed by atoms with E-state index in [4.69, 9.17) is 5.73 Å². The SMILES string of the molecule is Nc1ccc2[nH]nc(C(=O)Nc3cccc(F)n3)c2c1. The zero-order valence-corrected chi connectivity index (χ0v) is 10.2. The Kier molecular flexibility index (Phi) is 2.79. The number of amides is 1. The van der Waals surface area contributed by atoms with Crippen LogP contribution in [0.5, 0.6) is 0 Å². The largest absolute Gasteiger partial charge is 0.399 e. The number of fused-ring (bicyclic) bond motifs is 1. The highest BCUT2D eigenvalue weighted by Gasteiger charge is 2.15. The van der Waals surface area contributed by atoms with E-state index in [0.717, 1.165) is 0 Å². The molecule has 0 radical (unpaired) electrons. The van der Waals surface area contributed by atoms with Crippen molar-refractivity contribution in [1.29, 1.82) is 0 Å². The molecule has 0 aliphatic heterocycles. The van der Waals surface area contributed by atoms with Crippen LogP contribution in [0.3, 0.4) is 0 Å². The molecule has 7 heteroatoms. The molecule has 0 unspecified atom stereocenters. The van der Waals surface area contributed by atoms with Gasteiger partial charge in [-0.2, -0.15) is 9.49 Å². The Balaban J connectivity index is 1.94. The molecule has 1 amide bonds. The molecule has 0 saturated heterocycles. The van der Waals surface area contributed by atoms with E-state index in [1.165, 1.54) is 18.2 Å². The number of nitrogens with two attached hydrogens (primary N) is 1. The fourth-order valence-corrected chi connectivity index (χ4v) is 1.86. The maximum absolute atomic E-state index is 13.0. The summed E-state index contributed by atoms with van der Waals surface area (Å²) in [5.74, 6) is -1.03. The van der Waals surface area contributed by atoms with Crippen LogP contribution in [0.4, 0.5) is 15.9 Å². The van der Waals surface area contributed by atoms with Gasteiger partial charge in [0.2, 0.25) is 5.95 Å². The number of anilines is 2. The number of carbonyl (C=O) groups is 1. The quantitative estimate of drug-likeness (QED) is 0.490. The van der Waals surface area contributed by atoms with Gasteiger partial charge in [-0.25, -0.2) is 4.98 Å². The Morgan fingerprint density at radius 2 is 2.15 bits per heavy atom. The number of pyridine rings is 1. The van der Waals surface area contributed by atoms with Gasteiger partial charge in [0.1, 0.15) is 5.82 Å². The summed E-state index contributed by atoms with van der Waals surface area (Å²) in [6, 6.07) is 9.22. The lowest BCUT2D eigenvalue weighted by Gasteiger charge is -2.02. The zero-order chi connectivity index (χ0) is 14.1. The van der Waals surface area contributed by atoms with Crippen LogP contribution in [-0.2, 0) is 0 Å². The summed E-state index contributed by atoms with van der Waals surface area (Å²) in [4.78, 5) is 15.7. The number of rotatable bonds is 2. The topological polar surface area (TPSA) is 96.7 Å². The van der Waals surface area contributed by atoms with Gasteiger partial charge in [0.05, 0.1) is 5.52 Å². The van der Waals surface area contributed by atoms with E-state index in [1.807, 2.05) is 0 Å². The number of nitrogens with one attached hydrogen (secondary N) is 2. The number of halogens is 1. The van der Waals surface area contributed by atoms with Crippen molar-refractivity contribution in [3.63, 3.8) is 0 Å². The van der Waals surface area contributed by atoms with Crippen molar-refractivity contribution in [3.8, 4) is 0 Å². The van der Waals surface area contributed by atoms with E-state index in [-0.39, 0.29) is 11.5 Å². The molecule has 0 spiro atoms. The molecule has 0 atom stereocenters. The zero-order valence-electron chi connectivity index (χ0n) is 10.2. The molecule has 4 N–H and O–H groups in total. The maximum Gasteiger partial charge on any atom is 0.277 e. The van der Waals surface area contributed by atoms with Crippen molar-refractivity contribution in [2.24, 2.45) is 0 Å². The van der Waals surface area contributed by atoms with Crippen LogP contribution in [0.15, 0.2) is 36.4 Å². The smallest absolute Gasteiger partial charge is 0.277 e. The van der Waals surface area contributed by atoms with Gasteiger partial charge in [-0.3, -0.25) is 9.89 Å². The summed E-state index contributed by atoms with van der Waals surface area (Å²) >= 11 is 0. The second kappa shape index (κ2) is 4.61. The molecule has 3 rings (SSSR count). The molecule has 6 nitrogen and oxygen atoms in total. The Morgan fingerprint density at radius 3 is 2.95 bits per heavy atom. The Bertz CT molecular complexity index is 798. The van der Waals surface area contributed by atoms with Crippen LogP contribution in [-0.4, -0.2) is 21.1 Å². The molecule has 0 fully saturated rings. The van der Waals surface area contributed by atoms with Crippen molar-refractivity contribution in [3.05, 3.63) is 48.0 Å². The molecule has 0 saturated carbocycles. The third-order valence-electron chi connectivity index (χ3n) is 2.76. The van der Waals surface area contributed by atoms with E-state index in [9.17, 15) is 9.18 Å². The molecule has 1 aromatic carbocycles. The summed E-state index contributed by atoms with van der Waals surface area (Å²) < 4.78 is 13.0. The lowest BCUT2D eigenvalue weighted by Crippen LogP contribution is -2.14. The molecule has 20 heavy (non-hydrogen) atoms. The number of hydrogen-bond donors (Lipinski definition) is 3. The molecule has 3 aromatic rings. The summed E-state index contributed by atoms with van der Waals surface area (Å²) in [7, 11) is 0. The lowest BCUT2D eigenvalue weighted by molar-refractivity contribution is 0.102. The minimum Gasteiger partial charge on any atom is -0.399 e. The van der Waals surface area contributed by atoms with E-state index in [0.29, 0.717) is 16.6 Å². The number of benzene rings is 1. The highest BCUT2D eigenvalue weighted by Crippen LogP contribution is 2.19. The van der Waals surface area contributed by atoms with Gasteiger partial charge in [-0.05, 0) is 30.3 Å². The molecule has 0 bridgehead atoms. The average molecular weight is 271 g/mol. The van der Waals surface area contributed by atoms with Crippen LogP contribution in [0.1, 0.15) is 10.5 Å². The highest BCUT2D eigenvalue weighted by atomic mass is 19.1. The van der Waals surface area contributed by atoms with Crippen molar-refractivity contribution in [2.45, 2.75) is 0 Å². The van der Waals surface area contributed by atoms with Gasteiger partial charge in [-0.1, -0.05) is 6.07 Å². The minimum absolute atomic E-state index is 0.120. The third kappa shape index (κ3) is 2.16. The third-order valence-corrected chi connectivity index (χ3v) is 2.76. The monoisotopic (exact) mass is 271 g/mol. The average Bonchev–Trinajstić information content (AvgIpc) is 2.81. The van der Waals surface area contributed by atoms with E-state index < -0.39 is 11.9 Å². The minimum atomic E-state index is -0.668. The first-order valence-electron chi connectivity index (χ1n) is 5.81. The lowest BCUT2D eigenvalue weighted by atomic mass is 10.2. The molecule has 0 aliphatic rings. The van der Waals surface area contributed by atoms with E-state index >= 15 is 0 Å². The van der Waals surface area contributed by atoms with Crippen molar-refractivity contribution in [1.82, 2.24) is 15.2 Å². The first-order chi connectivity index (χ1) is 9.63. The van der Waals surface area contributed by atoms with Crippen LogP contribution >= 0.6 is 0 Å². The highest BCUT2D eigenvalue weighted by molar-refractivity contribution is 6.11. The molecule has 0 aliphatic carbocycles. The summed E-state index contributed by atoms with van der Waals surface area (Å²) in [6.07, 6.45) is 0. The fraction of sp³-hybridized carbons (Fsp3) is 0. The van der Waals surface area contributed by atoms with Gasteiger partial charge in [-0.15, -0.1) is 0 Å². The predicted molar refractivity (Wildman–Crippen MR) is 72.7 cm³/mol. The number of aromatic nitrogens is 3. The van der Waals surface area contributed by atoms with Gasteiger partial charge in [0.15, 0.2) is 5.69 Å². The Labute approximate surface area is 112 Å². The van der Waals surface area contributed by atoms with Gasteiger partial charge >= 0.3 is 0 Å². The summed E-state index contributed by atoms with van der Waals surface area (Å²) in [5.41, 5.74) is 7.08. The molecular weight excluding hydrogens is 261 g/mol. The van der Waals surface area contributed by atoms with Gasteiger partial charge < -0.3 is 11.1 Å². The Morgan fingerprint density at radius 1 is 1.30 bits per heavy atom. The Hall–Kier alpha value is -2.96. The van der Waals surface area contributed by atoms with Crippen LogP contribution < -0.4 is 11.1 Å². The normalized spacial score (nSPS) is 10.7. The number of hydrogen-bond acceptors (Lipinski definition) is 4. The van der Waals surface area contributed by atoms with Gasteiger partial charge in [0, 0.05) is 11.1 Å². The first kappa shape index (κ1) is 12.1. The number of nitrogens with zero attached hydrogens (tertiary/aromatic N) is 2. The van der Waals surface area contributed by atoms with E-state index in [2.05, 4.69) is 20.5 Å². The van der Waals surface area contributed by atoms with Gasteiger partial charge in [0.25, 0.3) is 5.91 Å². The molecule has 2 heterocycles. The summed E-state index contributed by atoms with van der Waals surface area (Å²) in [5, 5.41) is 9.75. The first-order valence-corrected chi connectivity index (χ1v) is 5.81. The summed E-state index contributed by atoms with van der Waals surface area (Å²) in [6.45, 7) is 0. The maximum atomic E-state index is 13.0. The second-order valence-corrected chi connectivity index (χ2v) is 4.18.